The third kappa shape index (κ3) is 3.00. The van der Waals surface area contributed by atoms with Crippen molar-refractivity contribution in [2.45, 2.75) is 25.9 Å². The van der Waals surface area contributed by atoms with Crippen molar-refractivity contribution >= 4 is 28.3 Å². The molecule has 1 atom stereocenters. The van der Waals surface area contributed by atoms with Crippen molar-refractivity contribution in [3.05, 3.63) is 77.9 Å². The summed E-state index contributed by atoms with van der Waals surface area (Å²) in [7, 11) is 0. The van der Waals surface area contributed by atoms with Crippen LogP contribution in [0.15, 0.2) is 66.7 Å². The minimum atomic E-state index is -0.359. The van der Waals surface area contributed by atoms with Crippen molar-refractivity contribution in [3.63, 3.8) is 0 Å². The summed E-state index contributed by atoms with van der Waals surface area (Å²) >= 11 is 0. The van der Waals surface area contributed by atoms with Gasteiger partial charge in [-0.2, -0.15) is 0 Å². The molecule has 1 heterocycles. The maximum Gasteiger partial charge on any atom is 0.292 e. The molecule has 0 saturated carbocycles. The summed E-state index contributed by atoms with van der Waals surface area (Å²) in [5.74, 6) is -0.253. The molecule has 0 bridgehead atoms. The summed E-state index contributed by atoms with van der Waals surface area (Å²) in [6.45, 7) is 2.66. The van der Waals surface area contributed by atoms with E-state index in [2.05, 4.69) is 24.3 Å². The molecule has 4 rings (SSSR count). The highest BCUT2D eigenvalue weighted by atomic mass is 16.2. The first-order chi connectivity index (χ1) is 12.6. The van der Waals surface area contributed by atoms with Crippen LogP contribution in [0.25, 0.3) is 10.8 Å². The Morgan fingerprint density at radius 3 is 2.50 bits per heavy atom. The minimum absolute atomic E-state index is 0.126. The van der Waals surface area contributed by atoms with E-state index in [4.69, 9.17) is 0 Å². The number of benzene rings is 3. The first-order valence-corrected chi connectivity index (χ1v) is 8.87. The normalized spacial score (nSPS) is 17.3. The Morgan fingerprint density at radius 1 is 0.962 bits per heavy atom. The molecule has 0 radical (unpaired) electrons. The highest BCUT2D eigenvalue weighted by Crippen LogP contribution is 2.22. The average Bonchev–Trinajstić information content (AvgIpc) is 2.94. The van der Waals surface area contributed by atoms with Gasteiger partial charge in [0.15, 0.2) is 6.04 Å². The number of carbonyl (C=O) groups excluding carboxylic acids is 2. The lowest BCUT2D eigenvalue weighted by Gasteiger charge is -2.14. The van der Waals surface area contributed by atoms with Gasteiger partial charge in [0, 0.05) is 5.56 Å². The highest BCUT2D eigenvalue weighted by Gasteiger charge is 2.42. The molecule has 130 valence electrons. The van der Waals surface area contributed by atoms with Gasteiger partial charge in [0.2, 0.25) is 5.91 Å². The van der Waals surface area contributed by atoms with Gasteiger partial charge >= 0.3 is 0 Å². The zero-order chi connectivity index (χ0) is 18.1. The Hall–Kier alpha value is -2.98. The smallest absolute Gasteiger partial charge is 0.292 e. The lowest BCUT2D eigenvalue weighted by Crippen LogP contribution is -2.90. The van der Waals surface area contributed by atoms with E-state index in [0.717, 1.165) is 5.56 Å². The molecule has 1 aliphatic rings. The van der Waals surface area contributed by atoms with Crippen LogP contribution >= 0.6 is 0 Å². The van der Waals surface area contributed by atoms with Crippen LogP contribution in [0.4, 0.5) is 5.69 Å². The summed E-state index contributed by atoms with van der Waals surface area (Å²) in [4.78, 5) is 26.5. The summed E-state index contributed by atoms with van der Waals surface area (Å²) < 4.78 is 0. The van der Waals surface area contributed by atoms with Crippen LogP contribution in [0.2, 0.25) is 0 Å². The molecule has 2 N–H and O–H groups in total. The number of aryl methyl sites for hydroxylation is 1. The monoisotopic (exact) mass is 345 g/mol. The maximum absolute atomic E-state index is 12.8. The third-order valence-electron chi connectivity index (χ3n) is 4.98. The molecule has 3 aromatic rings. The molecule has 1 aliphatic heterocycles. The number of quaternary nitrogens is 1. The lowest BCUT2D eigenvalue weighted by atomic mass is 10.0. The number of hydrogen-bond donors (Lipinski definition) is 1. The summed E-state index contributed by atoms with van der Waals surface area (Å²) in [5.41, 5.74) is 2.94. The van der Waals surface area contributed by atoms with Crippen LogP contribution in [0.1, 0.15) is 17.5 Å². The largest absolute Gasteiger partial charge is 0.332 e. The number of nitrogens with two attached hydrogens (primary N) is 1. The fourth-order valence-corrected chi connectivity index (χ4v) is 3.54. The molecule has 26 heavy (non-hydrogen) atoms. The molecular weight excluding hydrogens is 324 g/mol. The second-order valence-electron chi connectivity index (χ2n) is 6.79. The van der Waals surface area contributed by atoms with E-state index in [1.54, 1.807) is 0 Å². The van der Waals surface area contributed by atoms with Crippen molar-refractivity contribution in [3.8, 4) is 0 Å². The van der Waals surface area contributed by atoms with E-state index in [1.807, 2.05) is 54.7 Å². The number of rotatable bonds is 4. The fourth-order valence-electron chi connectivity index (χ4n) is 3.54. The zero-order valence-corrected chi connectivity index (χ0v) is 14.7. The van der Waals surface area contributed by atoms with E-state index >= 15 is 0 Å². The first kappa shape index (κ1) is 16.5. The Morgan fingerprint density at radius 2 is 1.69 bits per heavy atom. The molecule has 2 amide bonds. The summed E-state index contributed by atoms with van der Waals surface area (Å²) in [6, 6.07) is 21.6. The zero-order valence-electron chi connectivity index (χ0n) is 14.7. The maximum atomic E-state index is 12.8. The van der Waals surface area contributed by atoms with Gasteiger partial charge in [-0.05, 0) is 29.8 Å². The quantitative estimate of drug-likeness (QED) is 0.739. The van der Waals surface area contributed by atoms with Crippen LogP contribution in [-0.4, -0.2) is 17.9 Å². The topological polar surface area (TPSA) is 54.0 Å². The van der Waals surface area contributed by atoms with Crippen molar-refractivity contribution < 1.29 is 14.9 Å². The van der Waals surface area contributed by atoms with E-state index in [0.29, 0.717) is 12.2 Å². The molecule has 4 nitrogen and oxygen atoms in total. The minimum Gasteiger partial charge on any atom is -0.332 e. The standard InChI is InChI=1S/C22H20N2O2/c1-15-9-11-18(12-10-15)24-21(25)13-20(22(24)26)23-14-17-7-4-6-16-5-2-3-8-19(16)17/h2-12,20,23H,13-14H2,1H3/p+1/t20-/m0/s1. The van der Waals surface area contributed by atoms with Crippen LogP contribution in [0.5, 0.6) is 0 Å². The van der Waals surface area contributed by atoms with Crippen LogP contribution in [-0.2, 0) is 16.1 Å². The lowest BCUT2D eigenvalue weighted by molar-refractivity contribution is -0.689. The van der Waals surface area contributed by atoms with Gasteiger partial charge < -0.3 is 5.32 Å². The molecule has 4 heteroatoms. The molecule has 0 spiro atoms. The van der Waals surface area contributed by atoms with Gasteiger partial charge in [-0.1, -0.05) is 60.2 Å². The predicted molar refractivity (Wildman–Crippen MR) is 102 cm³/mol. The van der Waals surface area contributed by atoms with Crippen LogP contribution in [0, 0.1) is 6.92 Å². The van der Waals surface area contributed by atoms with Crippen LogP contribution in [0.3, 0.4) is 0 Å². The van der Waals surface area contributed by atoms with E-state index in [9.17, 15) is 9.59 Å². The molecular formula is C22H21N2O2+. The van der Waals surface area contributed by atoms with E-state index in [1.165, 1.54) is 21.2 Å². The highest BCUT2D eigenvalue weighted by molar-refractivity contribution is 6.21. The SMILES string of the molecule is Cc1ccc(N2C(=O)C[C@H]([NH2+]Cc3cccc4ccccc34)C2=O)cc1. The Balaban J connectivity index is 1.51. The van der Waals surface area contributed by atoms with Gasteiger partial charge in [-0.25, -0.2) is 4.90 Å². The van der Waals surface area contributed by atoms with Crippen molar-refractivity contribution in [1.82, 2.24) is 0 Å². The number of fused-ring (bicyclic) bond motifs is 1. The molecule has 3 aromatic carbocycles. The first-order valence-electron chi connectivity index (χ1n) is 8.87. The molecule has 0 aliphatic carbocycles. The van der Waals surface area contributed by atoms with Crippen molar-refractivity contribution in [2.24, 2.45) is 0 Å². The second kappa shape index (κ2) is 6.73. The van der Waals surface area contributed by atoms with Gasteiger partial charge in [-0.3, -0.25) is 9.59 Å². The fraction of sp³-hybridized carbons (Fsp3) is 0.182. The van der Waals surface area contributed by atoms with E-state index in [-0.39, 0.29) is 24.3 Å². The van der Waals surface area contributed by atoms with Gasteiger partial charge in [0.05, 0.1) is 12.1 Å². The number of carbonyl (C=O) groups is 2. The molecule has 0 unspecified atom stereocenters. The van der Waals surface area contributed by atoms with Gasteiger partial charge in [-0.15, -0.1) is 0 Å². The molecule has 0 aromatic heterocycles. The van der Waals surface area contributed by atoms with Gasteiger partial charge in [0.1, 0.15) is 6.54 Å². The predicted octanol–water partition coefficient (Wildman–Crippen LogP) is 2.54. The number of imide groups is 1. The number of anilines is 1. The molecule has 1 saturated heterocycles. The van der Waals surface area contributed by atoms with Crippen molar-refractivity contribution in [1.29, 1.82) is 0 Å². The Kier molecular flexibility index (Phi) is 4.27. The molecule has 1 fully saturated rings. The van der Waals surface area contributed by atoms with E-state index < -0.39 is 0 Å². The summed E-state index contributed by atoms with van der Waals surface area (Å²) in [5, 5.41) is 4.36. The number of amides is 2. The summed E-state index contributed by atoms with van der Waals surface area (Å²) in [6.07, 6.45) is 0.247. The van der Waals surface area contributed by atoms with Gasteiger partial charge in [0.25, 0.3) is 5.91 Å². The average molecular weight is 345 g/mol. The van der Waals surface area contributed by atoms with Crippen molar-refractivity contribution in [2.75, 3.05) is 4.90 Å². The Bertz CT molecular complexity index is 974. The number of hydrogen-bond acceptors (Lipinski definition) is 2. The van der Waals surface area contributed by atoms with Crippen LogP contribution < -0.4 is 10.2 Å². The number of nitrogens with zero attached hydrogens (tertiary/aromatic N) is 1. The third-order valence-corrected chi connectivity index (χ3v) is 4.98. The Labute approximate surface area is 152 Å². The second-order valence-corrected chi connectivity index (χ2v) is 6.79.